The fraction of sp³-hybridized carbons (Fsp3) is 0.200. The highest BCUT2D eigenvalue weighted by Gasteiger charge is 2.11. The van der Waals surface area contributed by atoms with E-state index in [2.05, 4.69) is 5.32 Å². The van der Waals surface area contributed by atoms with E-state index in [9.17, 15) is 9.59 Å². The van der Waals surface area contributed by atoms with Crippen molar-refractivity contribution in [2.24, 2.45) is 0 Å². The van der Waals surface area contributed by atoms with E-state index in [0.717, 1.165) is 27.6 Å². The molecule has 4 nitrogen and oxygen atoms in total. The van der Waals surface area contributed by atoms with Crippen LogP contribution in [0.25, 0.3) is 11.0 Å². The minimum absolute atomic E-state index is 0.118. The Labute approximate surface area is 150 Å². The SMILES string of the molecule is Cc1ccc2c(CNC(=O)Cc3ccc(Cl)cc3)cc(=O)oc2c1C. The molecule has 25 heavy (non-hydrogen) atoms. The fourth-order valence-corrected chi connectivity index (χ4v) is 2.84. The standard InChI is InChI=1S/C20H18ClNO3/c1-12-3-8-17-15(10-19(24)25-20(17)13(12)2)11-22-18(23)9-14-4-6-16(21)7-5-14/h3-8,10H,9,11H2,1-2H3,(H,22,23). The highest BCUT2D eigenvalue weighted by Crippen LogP contribution is 2.23. The largest absolute Gasteiger partial charge is 0.422 e. The van der Waals surface area contributed by atoms with Gasteiger partial charge in [0.25, 0.3) is 0 Å². The van der Waals surface area contributed by atoms with Crippen LogP contribution in [0.3, 0.4) is 0 Å². The number of hydrogen-bond acceptors (Lipinski definition) is 3. The summed E-state index contributed by atoms with van der Waals surface area (Å²) >= 11 is 5.84. The Morgan fingerprint density at radius 1 is 1.12 bits per heavy atom. The molecule has 128 valence electrons. The molecule has 1 amide bonds. The van der Waals surface area contributed by atoms with E-state index >= 15 is 0 Å². The summed E-state index contributed by atoms with van der Waals surface area (Å²) in [6.45, 7) is 4.16. The van der Waals surface area contributed by atoms with Crippen LogP contribution in [-0.2, 0) is 17.8 Å². The van der Waals surface area contributed by atoms with E-state index in [4.69, 9.17) is 16.0 Å². The smallest absolute Gasteiger partial charge is 0.336 e. The molecule has 0 bridgehead atoms. The van der Waals surface area contributed by atoms with Gasteiger partial charge in [0, 0.05) is 23.0 Å². The molecule has 1 aromatic heterocycles. The molecule has 0 aliphatic rings. The van der Waals surface area contributed by atoms with Gasteiger partial charge in [-0.1, -0.05) is 35.9 Å². The van der Waals surface area contributed by atoms with Crippen molar-refractivity contribution in [1.29, 1.82) is 0 Å². The Morgan fingerprint density at radius 2 is 1.84 bits per heavy atom. The van der Waals surface area contributed by atoms with Gasteiger partial charge in [-0.2, -0.15) is 0 Å². The van der Waals surface area contributed by atoms with Gasteiger partial charge < -0.3 is 9.73 Å². The van der Waals surface area contributed by atoms with Crippen LogP contribution in [0.2, 0.25) is 5.02 Å². The van der Waals surface area contributed by atoms with E-state index in [-0.39, 0.29) is 18.9 Å². The molecule has 0 saturated carbocycles. The predicted molar refractivity (Wildman–Crippen MR) is 99.0 cm³/mol. The van der Waals surface area contributed by atoms with E-state index in [1.54, 1.807) is 12.1 Å². The highest BCUT2D eigenvalue weighted by molar-refractivity contribution is 6.30. The lowest BCUT2D eigenvalue weighted by Crippen LogP contribution is -2.25. The first kappa shape index (κ1) is 17.2. The molecule has 0 spiro atoms. The molecule has 0 fully saturated rings. The predicted octanol–water partition coefficient (Wildman–Crippen LogP) is 3.92. The van der Waals surface area contributed by atoms with Crippen molar-refractivity contribution in [1.82, 2.24) is 5.32 Å². The van der Waals surface area contributed by atoms with Crippen molar-refractivity contribution >= 4 is 28.5 Å². The lowest BCUT2D eigenvalue weighted by molar-refractivity contribution is -0.120. The Bertz CT molecular complexity index is 990. The summed E-state index contributed by atoms with van der Waals surface area (Å²) in [6, 6.07) is 12.5. The van der Waals surface area contributed by atoms with Crippen molar-refractivity contribution in [3.05, 3.63) is 80.2 Å². The number of carbonyl (C=O) groups is 1. The maximum atomic E-state index is 12.2. The van der Waals surface area contributed by atoms with Crippen molar-refractivity contribution in [3.8, 4) is 0 Å². The number of rotatable bonds is 4. The fourth-order valence-electron chi connectivity index (χ4n) is 2.71. The Kier molecular flexibility index (Phi) is 4.91. The second kappa shape index (κ2) is 7.11. The van der Waals surface area contributed by atoms with Gasteiger partial charge in [0.2, 0.25) is 5.91 Å². The van der Waals surface area contributed by atoms with Gasteiger partial charge in [-0.05, 0) is 48.2 Å². The van der Waals surface area contributed by atoms with Crippen LogP contribution in [0.15, 0.2) is 51.7 Å². The van der Waals surface area contributed by atoms with Gasteiger partial charge in [0.15, 0.2) is 0 Å². The maximum absolute atomic E-state index is 12.2. The molecule has 0 aliphatic carbocycles. The molecule has 5 heteroatoms. The van der Waals surface area contributed by atoms with Crippen LogP contribution in [0, 0.1) is 13.8 Å². The summed E-state index contributed by atoms with van der Waals surface area (Å²) in [5, 5.41) is 4.34. The van der Waals surface area contributed by atoms with Crippen molar-refractivity contribution in [2.45, 2.75) is 26.8 Å². The number of benzene rings is 2. The number of amides is 1. The second-order valence-electron chi connectivity index (χ2n) is 6.05. The summed E-state index contributed by atoms with van der Waals surface area (Å²) in [6.07, 6.45) is 0.259. The first-order valence-corrected chi connectivity index (χ1v) is 8.36. The van der Waals surface area contributed by atoms with E-state index in [1.807, 2.05) is 38.1 Å². The van der Waals surface area contributed by atoms with Crippen LogP contribution >= 0.6 is 11.6 Å². The first-order chi connectivity index (χ1) is 11.9. The topological polar surface area (TPSA) is 59.3 Å². The van der Waals surface area contributed by atoms with Gasteiger partial charge in [-0.15, -0.1) is 0 Å². The van der Waals surface area contributed by atoms with Gasteiger partial charge in [0.1, 0.15) is 5.58 Å². The average molecular weight is 356 g/mol. The number of aryl methyl sites for hydroxylation is 2. The molecule has 0 aliphatic heterocycles. The van der Waals surface area contributed by atoms with Crippen LogP contribution in [0.4, 0.5) is 0 Å². The van der Waals surface area contributed by atoms with E-state index in [0.29, 0.717) is 10.6 Å². The summed E-state index contributed by atoms with van der Waals surface area (Å²) in [7, 11) is 0. The molecule has 0 unspecified atom stereocenters. The third-order valence-corrected chi connectivity index (χ3v) is 4.52. The minimum atomic E-state index is -0.414. The molecular formula is C20H18ClNO3. The summed E-state index contributed by atoms with van der Waals surface area (Å²) in [5.41, 5.74) is 3.78. The zero-order chi connectivity index (χ0) is 18.0. The monoisotopic (exact) mass is 355 g/mol. The van der Waals surface area contributed by atoms with Gasteiger partial charge >= 0.3 is 5.63 Å². The van der Waals surface area contributed by atoms with Crippen molar-refractivity contribution in [3.63, 3.8) is 0 Å². The van der Waals surface area contributed by atoms with E-state index < -0.39 is 5.63 Å². The quantitative estimate of drug-likeness (QED) is 0.721. The van der Waals surface area contributed by atoms with Gasteiger partial charge in [-0.25, -0.2) is 4.79 Å². The highest BCUT2D eigenvalue weighted by atomic mass is 35.5. The number of carbonyl (C=O) groups excluding carboxylic acids is 1. The Morgan fingerprint density at radius 3 is 2.56 bits per heavy atom. The van der Waals surface area contributed by atoms with Crippen LogP contribution < -0.4 is 10.9 Å². The Hall–Kier alpha value is -2.59. The van der Waals surface area contributed by atoms with Crippen LogP contribution in [0.1, 0.15) is 22.3 Å². The molecule has 0 saturated heterocycles. The van der Waals surface area contributed by atoms with E-state index in [1.165, 1.54) is 6.07 Å². The normalized spacial score (nSPS) is 10.8. The third kappa shape index (κ3) is 3.91. The molecule has 3 aromatic rings. The number of nitrogens with one attached hydrogen (secondary N) is 1. The lowest BCUT2D eigenvalue weighted by atomic mass is 10.0. The Balaban J connectivity index is 1.79. The minimum Gasteiger partial charge on any atom is -0.422 e. The molecule has 2 aromatic carbocycles. The molecule has 3 rings (SSSR count). The molecule has 0 atom stereocenters. The van der Waals surface area contributed by atoms with Crippen molar-refractivity contribution < 1.29 is 9.21 Å². The summed E-state index contributed by atoms with van der Waals surface area (Å²) in [5.74, 6) is -0.118. The summed E-state index contributed by atoms with van der Waals surface area (Å²) in [4.78, 5) is 24.0. The lowest BCUT2D eigenvalue weighted by Gasteiger charge is -2.10. The van der Waals surface area contributed by atoms with Crippen LogP contribution in [-0.4, -0.2) is 5.91 Å². The number of hydrogen-bond donors (Lipinski definition) is 1. The summed E-state index contributed by atoms with van der Waals surface area (Å²) < 4.78 is 5.35. The molecule has 1 heterocycles. The zero-order valence-electron chi connectivity index (χ0n) is 14.1. The van der Waals surface area contributed by atoms with Gasteiger partial charge in [-0.3, -0.25) is 4.79 Å². The van der Waals surface area contributed by atoms with Crippen molar-refractivity contribution in [2.75, 3.05) is 0 Å². The number of halogens is 1. The van der Waals surface area contributed by atoms with Gasteiger partial charge in [0.05, 0.1) is 6.42 Å². The zero-order valence-corrected chi connectivity index (χ0v) is 14.8. The maximum Gasteiger partial charge on any atom is 0.336 e. The number of fused-ring (bicyclic) bond motifs is 1. The third-order valence-electron chi connectivity index (χ3n) is 4.27. The average Bonchev–Trinajstić information content (AvgIpc) is 2.58. The molecular weight excluding hydrogens is 338 g/mol. The van der Waals surface area contributed by atoms with Crippen LogP contribution in [0.5, 0.6) is 0 Å². The molecule has 1 N–H and O–H groups in total. The molecule has 0 radical (unpaired) electrons. The second-order valence-corrected chi connectivity index (χ2v) is 6.49. The first-order valence-electron chi connectivity index (χ1n) is 7.98.